The number of rotatable bonds is 3. The Bertz CT molecular complexity index is 379. The zero-order valence-corrected chi connectivity index (χ0v) is 11.5. The van der Waals surface area contributed by atoms with E-state index in [0.29, 0.717) is 6.04 Å². The molecule has 1 aromatic heterocycles. The third kappa shape index (κ3) is 3.02. The highest BCUT2D eigenvalue weighted by Crippen LogP contribution is 2.26. The Morgan fingerprint density at radius 3 is 3.00 bits per heavy atom. The van der Waals surface area contributed by atoms with E-state index in [1.165, 1.54) is 32.1 Å². The average molecular weight is 248 g/mol. The molecule has 0 bridgehead atoms. The molecular formula is C15H24N2O. The Kier molecular flexibility index (Phi) is 4.59. The highest BCUT2D eigenvalue weighted by Gasteiger charge is 2.21. The van der Waals surface area contributed by atoms with Gasteiger partial charge in [-0.1, -0.05) is 19.8 Å². The van der Waals surface area contributed by atoms with Crippen LogP contribution >= 0.6 is 0 Å². The van der Waals surface area contributed by atoms with Crippen molar-refractivity contribution in [2.75, 3.05) is 11.4 Å². The van der Waals surface area contributed by atoms with Gasteiger partial charge in [-0.2, -0.15) is 0 Å². The first-order valence-electron chi connectivity index (χ1n) is 7.13. The summed E-state index contributed by atoms with van der Waals surface area (Å²) < 4.78 is 0. The van der Waals surface area contributed by atoms with Crippen molar-refractivity contribution in [3.8, 4) is 0 Å². The molecule has 3 heteroatoms. The molecule has 0 aromatic carbocycles. The first kappa shape index (κ1) is 13.3. The number of anilines is 1. The normalized spacial score (nSPS) is 22.6. The van der Waals surface area contributed by atoms with Crippen molar-refractivity contribution in [3.63, 3.8) is 0 Å². The van der Waals surface area contributed by atoms with Crippen molar-refractivity contribution in [1.29, 1.82) is 0 Å². The quantitative estimate of drug-likeness (QED) is 0.891. The average Bonchev–Trinajstić information content (AvgIpc) is 2.63. The predicted molar refractivity (Wildman–Crippen MR) is 74.8 cm³/mol. The maximum Gasteiger partial charge on any atom is 0.129 e. The standard InChI is InChI=1S/C15H24N2O/c1-3-14-7-5-4-6-10-17(14)15-11-13(12(2)18)8-9-16-15/h8-9,11-12,14,18H,3-7,10H2,1-2H3/t12-,14?/m1/s1. The largest absolute Gasteiger partial charge is 0.389 e. The van der Waals surface area contributed by atoms with Gasteiger partial charge in [-0.05, 0) is 43.9 Å². The molecule has 18 heavy (non-hydrogen) atoms. The lowest BCUT2D eigenvalue weighted by molar-refractivity contribution is 0.199. The fourth-order valence-electron chi connectivity index (χ4n) is 2.75. The van der Waals surface area contributed by atoms with E-state index in [1.807, 2.05) is 18.3 Å². The summed E-state index contributed by atoms with van der Waals surface area (Å²) in [5.74, 6) is 1.03. The lowest BCUT2D eigenvalue weighted by Gasteiger charge is -2.30. The third-order valence-electron chi connectivity index (χ3n) is 3.89. The SMILES string of the molecule is CCC1CCCCCN1c1cc([C@@H](C)O)ccn1. The predicted octanol–water partition coefficient (Wildman–Crippen LogP) is 3.29. The van der Waals surface area contributed by atoms with E-state index in [2.05, 4.69) is 16.8 Å². The van der Waals surface area contributed by atoms with Crippen LogP contribution in [0.15, 0.2) is 18.3 Å². The van der Waals surface area contributed by atoms with Gasteiger partial charge < -0.3 is 10.0 Å². The van der Waals surface area contributed by atoms with Crippen molar-refractivity contribution < 1.29 is 5.11 Å². The van der Waals surface area contributed by atoms with E-state index in [9.17, 15) is 5.11 Å². The van der Waals surface area contributed by atoms with Crippen LogP contribution in [0.2, 0.25) is 0 Å². The summed E-state index contributed by atoms with van der Waals surface area (Å²) in [4.78, 5) is 6.93. The molecule has 100 valence electrons. The zero-order chi connectivity index (χ0) is 13.0. The van der Waals surface area contributed by atoms with Crippen molar-refractivity contribution in [3.05, 3.63) is 23.9 Å². The number of pyridine rings is 1. The van der Waals surface area contributed by atoms with Crippen molar-refractivity contribution >= 4 is 5.82 Å². The molecule has 3 nitrogen and oxygen atoms in total. The van der Waals surface area contributed by atoms with Crippen LogP contribution in [0, 0.1) is 0 Å². The fourth-order valence-corrected chi connectivity index (χ4v) is 2.75. The molecular weight excluding hydrogens is 224 g/mol. The number of hydrogen-bond donors (Lipinski definition) is 1. The van der Waals surface area contributed by atoms with Crippen molar-refractivity contribution in [2.24, 2.45) is 0 Å². The van der Waals surface area contributed by atoms with Crippen molar-refractivity contribution in [1.82, 2.24) is 4.98 Å². The molecule has 2 atom stereocenters. The van der Waals surface area contributed by atoms with E-state index in [0.717, 1.165) is 17.9 Å². The van der Waals surface area contributed by atoms with Gasteiger partial charge >= 0.3 is 0 Å². The van der Waals surface area contributed by atoms with E-state index in [-0.39, 0.29) is 0 Å². The monoisotopic (exact) mass is 248 g/mol. The van der Waals surface area contributed by atoms with E-state index >= 15 is 0 Å². The van der Waals surface area contributed by atoms with Gasteiger partial charge in [0.25, 0.3) is 0 Å². The van der Waals surface area contributed by atoms with Gasteiger partial charge in [0.1, 0.15) is 5.82 Å². The minimum Gasteiger partial charge on any atom is -0.389 e. The summed E-state index contributed by atoms with van der Waals surface area (Å²) >= 11 is 0. The molecule has 1 aliphatic rings. The minimum atomic E-state index is -0.418. The van der Waals surface area contributed by atoms with E-state index in [4.69, 9.17) is 0 Å². The molecule has 1 unspecified atom stereocenters. The van der Waals surface area contributed by atoms with Crippen LogP contribution in [0.4, 0.5) is 5.82 Å². The minimum absolute atomic E-state index is 0.418. The molecule has 2 heterocycles. The third-order valence-corrected chi connectivity index (χ3v) is 3.89. The van der Waals surface area contributed by atoms with Gasteiger partial charge in [-0.25, -0.2) is 4.98 Å². The summed E-state index contributed by atoms with van der Waals surface area (Å²) in [5, 5.41) is 9.68. The molecule has 2 rings (SSSR count). The summed E-state index contributed by atoms with van der Waals surface area (Å²) in [6, 6.07) is 4.54. The van der Waals surface area contributed by atoms with Gasteiger partial charge in [0.05, 0.1) is 6.10 Å². The summed E-state index contributed by atoms with van der Waals surface area (Å²) in [6.45, 7) is 5.15. The second-order valence-corrected chi connectivity index (χ2v) is 5.23. The molecule has 0 radical (unpaired) electrons. The van der Waals surface area contributed by atoms with Crippen LogP contribution in [-0.4, -0.2) is 22.7 Å². The molecule has 1 fully saturated rings. The Balaban J connectivity index is 2.24. The molecule has 0 aliphatic carbocycles. The highest BCUT2D eigenvalue weighted by molar-refractivity contribution is 5.42. The molecule has 1 saturated heterocycles. The van der Waals surface area contributed by atoms with Crippen LogP contribution in [-0.2, 0) is 0 Å². The van der Waals surface area contributed by atoms with Gasteiger partial charge in [-0.3, -0.25) is 0 Å². The lowest BCUT2D eigenvalue weighted by atomic mass is 10.1. The number of aromatic nitrogens is 1. The van der Waals surface area contributed by atoms with Crippen LogP contribution in [0.1, 0.15) is 57.6 Å². The maximum absolute atomic E-state index is 9.68. The smallest absolute Gasteiger partial charge is 0.129 e. The maximum atomic E-state index is 9.68. The first-order valence-corrected chi connectivity index (χ1v) is 7.13. The first-order chi connectivity index (χ1) is 8.72. The van der Waals surface area contributed by atoms with Gasteiger partial charge in [0, 0.05) is 18.8 Å². The topological polar surface area (TPSA) is 36.4 Å². The lowest BCUT2D eigenvalue weighted by Crippen LogP contribution is -2.35. The Hall–Kier alpha value is -1.09. The Morgan fingerprint density at radius 1 is 1.44 bits per heavy atom. The molecule has 0 saturated carbocycles. The second kappa shape index (κ2) is 6.19. The summed E-state index contributed by atoms with van der Waals surface area (Å²) in [6.07, 6.45) is 7.72. The summed E-state index contributed by atoms with van der Waals surface area (Å²) in [7, 11) is 0. The molecule has 0 amide bonds. The Morgan fingerprint density at radius 2 is 2.28 bits per heavy atom. The van der Waals surface area contributed by atoms with Crippen LogP contribution in [0.25, 0.3) is 0 Å². The van der Waals surface area contributed by atoms with Gasteiger partial charge in [0.15, 0.2) is 0 Å². The fraction of sp³-hybridized carbons (Fsp3) is 0.667. The molecule has 1 aromatic rings. The highest BCUT2D eigenvalue weighted by atomic mass is 16.3. The van der Waals surface area contributed by atoms with E-state index < -0.39 is 6.10 Å². The molecule has 1 aliphatic heterocycles. The van der Waals surface area contributed by atoms with E-state index in [1.54, 1.807) is 6.92 Å². The molecule has 0 spiro atoms. The van der Waals surface area contributed by atoms with Crippen LogP contribution in [0.3, 0.4) is 0 Å². The van der Waals surface area contributed by atoms with Crippen LogP contribution in [0.5, 0.6) is 0 Å². The summed E-state index contributed by atoms with van der Waals surface area (Å²) in [5.41, 5.74) is 0.958. The van der Waals surface area contributed by atoms with Gasteiger partial charge in [-0.15, -0.1) is 0 Å². The van der Waals surface area contributed by atoms with Gasteiger partial charge in [0.2, 0.25) is 0 Å². The van der Waals surface area contributed by atoms with Crippen molar-refractivity contribution in [2.45, 2.75) is 58.1 Å². The number of aliphatic hydroxyl groups excluding tert-OH is 1. The Labute approximate surface area is 110 Å². The zero-order valence-electron chi connectivity index (χ0n) is 11.5. The number of aliphatic hydroxyl groups is 1. The van der Waals surface area contributed by atoms with Crippen LogP contribution < -0.4 is 4.90 Å². The molecule has 1 N–H and O–H groups in total. The second-order valence-electron chi connectivity index (χ2n) is 5.23. The number of hydrogen-bond acceptors (Lipinski definition) is 3. The number of nitrogens with zero attached hydrogens (tertiary/aromatic N) is 2.